The number of hydrogen-bond donors (Lipinski definition) is 2. The van der Waals surface area contributed by atoms with Crippen LogP contribution in [0.5, 0.6) is 0 Å². The summed E-state index contributed by atoms with van der Waals surface area (Å²) in [6.07, 6.45) is 0.345. The van der Waals surface area contributed by atoms with Crippen molar-refractivity contribution in [2.24, 2.45) is 0 Å². The molecule has 0 fully saturated rings. The minimum atomic E-state index is -4.93. The van der Waals surface area contributed by atoms with Crippen molar-refractivity contribution in [1.29, 1.82) is 0 Å². The molecular weight excluding hydrogens is 287 g/mol. The molecule has 2 nitrogen and oxygen atoms in total. The molecule has 104 valence electrons. The fourth-order valence-electron chi connectivity index (χ4n) is 1.90. The van der Waals surface area contributed by atoms with Crippen LogP contribution in [-0.4, -0.2) is 16.8 Å². The normalized spacial score (nSPS) is 28.8. The fourth-order valence-corrected chi connectivity index (χ4v) is 2.26. The first-order valence-electron chi connectivity index (χ1n) is 5.19. The third-order valence-electron chi connectivity index (χ3n) is 2.98. The lowest BCUT2D eigenvalue weighted by Gasteiger charge is -2.41. The van der Waals surface area contributed by atoms with Crippen LogP contribution in [0.3, 0.4) is 0 Å². The van der Waals surface area contributed by atoms with Gasteiger partial charge < -0.3 is 5.73 Å². The molecule has 19 heavy (non-hydrogen) atoms. The van der Waals surface area contributed by atoms with Gasteiger partial charge in [0, 0.05) is 23.1 Å². The van der Waals surface area contributed by atoms with E-state index in [0.29, 0.717) is 6.08 Å². The number of alkyl halides is 5. The number of nitrogens with zero attached hydrogens (tertiary/aromatic N) is 1. The first kappa shape index (κ1) is 14.1. The Bertz CT molecular complexity index is 546. The third-order valence-corrected chi connectivity index (χ3v) is 3.47. The molecule has 0 saturated carbocycles. The lowest BCUT2D eigenvalue weighted by molar-refractivity contribution is -0.267. The van der Waals surface area contributed by atoms with Crippen molar-refractivity contribution in [2.45, 2.75) is 23.9 Å². The number of nitrogen functional groups attached to an aromatic ring is 1. The molecule has 0 saturated heterocycles. The first-order chi connectivity index (χ1) is 8.63. The van der Waals surface area contributed by atoms with Gasteiger partial charge in [-0.15, -0.1) is 12.6 Å². The summed E-state index contributed by atoms with van der Waals surface area (Å²) < 4.78 is 69.0. The van der Waals surface area contributed by atoms with E-state index >= 15 is 0 Å². The van der Waals surface area contributed by atoms with Crippen molar-refractivity contribution < 1.29 is 22.0 Å². The number of pyridine rings is 1. The van der Waals surface area contributed by atoms with Gasteiger partial charge in [0.15, 0.2) is 0 Å². The SMILES string of the molecule is Nc1cc(C2(F)C(S)=CCC(F)(F)C2(F)F)ccn1. The van der Waals surface area contributed by atoms with Crippen molar-refractivity contribution >= 4 is 18.4 Å². The number of aromatic nitrogens is 1. The summed E-state index contributed by atoms with van der Waals surface area (Å²) in [6, 6.07) is 1.66. The van der Waals surface area contributed by atoms with Gasteiger partial charge in [0.2, 0.25) is 5.67 Å². The zero-order chi connectivity index (χ0) is 14.5. The van der Waals surface area contributed by atoms with E-state index in [4.69, 9.17) is 5.73 Å². The second kappa shape index (κ2) is 4.09. The summed E-state index contributed by atoms with van der Waals surface area (Å²) in [5.74, 6) is -9.69. The summed E-state index contributed by atoms with van der Waals surface area (Å²) in [7, 11) is 0. The maximum absolute atomic E-state index is 14.7. The molecule has 2 N–H and O–H groups in total. The van der Waals surface area contributed by atoms with Crippen molar-refractivity contribution in [3.05, 3.63) is 34.9 Å². The van der Waals surface area contributed by atoms with Gasteiger partial charge in [-0.25, -0.2) is 9.37 Å². The molecule has 0 amide bonds. The van der Waals surface area contributed by atoms with Gasteiger partial charge in [-0.2, -0.15) is 17.6 Å². The standard InChI is InChI=1S/C11H9F5N2S/c12-9(13)3-1-7(19)10(14,11(9,15)16)6-2-4-18-8(17)5-6/h1-2,4-5,19H,3H2,(H2,17,18). The number of allylic oxidation sites excluding steroid dienone is 2. The van der Waals surface area contributed by atoms with Crippen molar-refractivity contribution in [1.82, 2.24) is 4.98 Å². The van der Waals surface area contributed by atoms with Gasteiger partial charge in [0.1, 0.15) is 5.82 Å². The second-order valence-corrected chi connectivity index (χ2v) is 4.68. The van der Waals surface area contributed by atoms with E-state index in [0.717, 1.165) is 18.3 Å². The van der Waals surface area contributed by atoms with Crippen molar-refractivity contribution in [3.63, 3.8) is 0 Å². The highest BCUT2D eigenvalue weighted by molar-refractivity contribution is 7.84. The summed E-state index contributed by atoms with van der Waals surface area (Å²) in [6.45, 7) is 0. The number of halogens is 5. The highest BCUT2D eigenvalue weighted by Gasteiger charge is 2.72. The molecule has 1 aromatic rings. The van der Waals surface area contributed by atoms with Gasteiger partial charge in [-0.3, -0.25) is 0 Å². The van der Waals surface area contributed by atoms with Gasteiger partial charge in [-0.05, 0) is 12.1 Å². The molecule has 0 bridgehead atoms. The predicted octanol–water partition coefficient (Wildman–Crippen LogP) is 3.32. The van der Waals surface area contributed by atoms with Gasteiger partial charge >= 0.3 is 11.8 Å². The van der Waals surface area contributed by atoms with Crippen LogP contribution >= 0.6 is 12.6 Å². The molecule has 2 rings (SSSR count). The Morgan fingerprint density at radius 1 is 1.21 bits per heavy atom. The van der Waals surface area contributed by atoms with Crippen LogP contribution in [0.15, 0.2) is 29.3 Å². The lowest BCUT2D eigenvalue weighted by Crippen LogP contribution is -2.56. The average molecular weight is 296 g/mol. The third kappa shape index (κ3) is 1.80. The van der Waals surface area contributed by atoms with E-state index in [1.54, 1.807) is 0 Å². The van der Waals surface area contributed by atoms with Gasteiger partial charge in [-0.1, -0.05) is 6.08 Å². The molecule has 1 aromatic heterocycles. The van der Waals surface area contributed by atoms with Crippen LogP contribution < -0.4 is 5.73 Å². The zero-order valence-corrected chi connectivity index (χ0v) is 10.3. The smallest absolute Gasteiger partial charge is 0.352 e. The average Bonchev–Trinajstić information content (AvgIpc) is 2.33. The Kier molecular flexibility index (Phi) is 3.04. The molecule has 1 atom stereocenters. The number of thiol groups is 1. The molecule has 0 aliphatic heterocycles. The summed E-state index contributed by atoms with van der Waals surface area (Å²) in [4.78, 5) is 2.74. The Morgan fingerprint density at radius 3 is 2.42 bits per heavy atom. The lowest BCUT2D eigenvalue weighted by atomic mass is 9.80. The maximum Gasteiger partial charge on any atom is 0.352 e. The number of hydrogen-bond acceptors (Lipinski definition) is 3. The van der Waals surface area contributed by atoms with Crippen LogP contribution in [0.4, 0.5) is 27.8 Å². The number of nitrogens with two attached hydrogens (primary N) is 1. The Morgan fingerprint density at radius 2 is 1.84 bits per heavy atom. The van der Waals surface area contributed by atoms with Crippen LogP contribution in [-0.2, 0) is 5.67 Å². The van der Waals surface area contributed by atoms with E-state index in [-0.39, 0.29) is 5.82 Å². The maximum atomic E-state index is 14.7. The highest BCUT2D eigenvalue weighted by Crippen LogP contribution is 2.58. The molecule has 1 aliphatic carbocycles. The van der Waals surface area contributed by atoms with E-state index in [1.807, 2.05) is 0 Å². The van der Waals surface area contributed by atoms with Gasteiger partial charge in [0.05, 0.1) is 0 Å². The predicted molar refractivity (Wildman–Crippen MR) is 63.0 cm³/mol. The minimum Gasteiger partial charge on any atom is -0.384 e. The molecule has 0 spiro atoms. The Labute approximate surface area is 110 Å². The van der Waals surface area contributed by atoms with E-state index in [9.17, 15) is 22.0 Å². The van der Waals surface area contributed by atoms with Crippen molar-refractivity contribution in [3.8, 4) is 0 Å². The van der Waals surface area contributed by atoms with E-state index in [2.05, 4.69) is 17.6 Å². The molecule has 0 aromatic carbocycles. The zero-order valence-electron chi connectivity index (χ0n) is 9.38. The molecular formula is C11H9F5N2S. The monoisotopic (exact) mass is 296 g/mol. The van der Waals surface area contributed by atoms with Crippen LogP contribution in [0.1, 0.15) is 12.0 Å². The molecule has 1 unspecified atom stereocenters. The Balaban J connectivity index is 2.69. The first-order valence-corrected chi connectivity index (χ1v) is 5.64. The van der Waals surface area contributed by atoms with E-state index in [1.165, 1.54) is 0 Å². The topological polar surface area (TPSA) is 38.9 Å². The van der Waals surface area contributed by atoms with E-state index < -0.39 is 34.4 Å². The molecule has 1 aliphatic rings. The van der Waals surface area contributed by atoms with Crippen molar-refractivity contribution in [2.75, 3.05) is 5.73 Å². The number of rotatable bonds is 1. The summed E-state index contributed by atoms with van der Waals surface area (Å²) >= 11 is 3.59. The largest absolute Gasteiger partial charge is 0.384 e. The summed E-state index contributed by atoms with van der Waals surface area (Å²) in [5.41, 5.74) is 0.841. The second-order valence-electron chi connectivity index (χ2n) is 4.20. The fraction of sp³-hybridized carbons (Fsp3) is 0.364. The van der Waals surface area contributed by atoms with Crippen LogP contribution in [0, 0.1) is 0 Å². The molecule has 8 heteroatoms. The number of anilines is 1. The highest BCUT2D eigenvalue weighted by atomic mass is 32.1. The van der Waals surface area contributed by atoms with Gasteiger partial charge in [0.25, 0.3) is 0 Å². The minimum absolute atomic E-state index is 0.250. The Hall–Kier alpha value is -1.31. The quantitative estimate of drug-likeness (QED) is 0.616. The van der Waals surface area contributed by atoms with Crippen LogP contribution in [0.2, 0.25) is 0 Å². The summed E-state index contributed by atoms with van der Waals surface area (Å²) in [5, 5.41) is 0. The van der Waals surface area contributed by atoms with Crippen LogP contribution in [0.25, 0.3) is 0 Å². The molecule has 1 heterocycles. The molecule has 0 radical (unpaired) electrons.